The highest BCUT2D eigenvalue weighted by molar-refractivity contribution is 5.33. The predicted molar refractivity (Wildman–Crippen MR) is 72.4 cm³/mol. The van der Waals surface area contributed by atoms with Gasteiger partial charge in [-0.05, 0) is 74.6 Å². The van der Waals surface area contributed by atoms with Gasteiger partial charge in [0.15, 0.2) is 0 Å². The SMILES string of the molecule is Cc1ccc(C2CCC2CNC2CC2)cc1C. The topological polar surface area (TPSA) is 12.0 Å². The molecule has 0 bridgehead atoms. The zero-order valence-corrected chi connectivity index (χ0v) is 11.0. The lowest BCUT2D eigenvalue weighted by molar-refractivity contribution is 0.245. The van der Waals surface area contributed by atoms with E-state index in [0.29, 0.717) is 0 Å². The minimum absolute atomic E-state index is 0.820. The smallest absolute Gasteiger partial charge is 0.00683 e. The molecule has 2 aliphatic carbocycles. The minimum atomic E-state index is 0.820. The molecule has 0 radical (unpaired) electrons. The lowest BCUT2D eigenvalue weighted by Crippen LogP contribution is -2.34. The third-order valence-corrected chi connectivity index (χ3v) is 4.62. The number of benzene rings is 1. The quantitative estimate of drug-likeness (QED) is 0.832. The van der Waals surface area contributed by atoms with Crippen molar-refractivity contribution in [2.24, 2.45) is 5.92 Å². The summed E-state index contributed by atoms with van der Waals surface area (Å²) in [4.78, 5) is 0. The molecule has 1 aromatic rings. The molecule has 0 amide bonds. The lowest BCUT2D eigenvalue weighted by Gasteiger charge is -2.37. The van der Waals surface area contributed by atoms with Crippen molar-refractivity contribution in [3.63, 3.8) is 0 Å². The van der Waals surface area contributed by atoms with Crippen molar-refractivity contribution in [2.75, 3.05) is 6.54 Å². The van der Waals surface area contributed by atoms with Gasteiger partial charge in [-0.25, -0.2) is 0 Å². The molecule has 1 aromatic carbocycles. The summed E-state index contributed by atoms with van der Waals surface area (Å²) in [5.41, 5.74) is 4.44. The van der Waals surface area contributed by atoms with E-state index in [9.17, 15) is 0 Å². The number of hydrogen-bond donors (Lipinski definition) is 1. The van der Waals surface area contributed by atoms with E-state index in [1.807, 2.05) is 0 Å². The van der Waals surface area contributed by atoms with E-state index in [-0.39, 0.29) is 0 Å². The molecule has 0 spiro atoms. The molecule has 2 aliphatic rings. The molecule has 2 atom stereocenters. The van der Waals surface area contributed by atoms with E-state index in [1.54, 1.807) is 5.56 Å². The molecule has 0 aromatic heterocycles. The first-order valence-electron chi connectivity index (χ1n) is 7.04. The molecule has 17 heavy (non-hydrogen) atoms. The van der Waals surface area contributed by atoms with Gasteiger partial charge in [0.05, 0.1) is 0 Å². The summed E-state index contributed by atoms with van der Waals surface area (Å²) in [5, 5.41) is 3.68. The largest absolute Gasteiger partial charge is 0.314 e. The Balaban J connectivity index is 1.64. The number of hydrogen-bond acceptors (Lipinski definition) is 1. The Labute approximate surface area is 105 Å². The van der Waals surface area contributed by atoms with Gasteiger partial charge in [-0.3, -0.25) is 0 Å². The van der Waals surface area contributed by atoms with Gasteiger partial charge in [-0.15, -0.1) is 0 Å². The summed E-state index contributed by atoms with van der Waals surface area (Å²) in [6.07, 6.45) is 5.61. The van der Waals surface area contributed by atoms with Crippen LogP contribution in [0.15, 0.2) is 18.2 Å². The van der Waals surface area contributed by atoms with Crippen molar-refractivity contribution in [1.82, 2.24) is 5.32 Å². The van der Waals surface area contributed by atoms with Gasteiger partial charge in [0.25, 0.3) is 0 Å². The molecule has 1 heteroatoms. The van der Waals surface area contributed by atoms with E-state index in [2.05, 4.69) is 37.4 Å². The van der Waals surface area contributed by atoms with Gasteiger partial charge >= 0.3 is 0 Å². The predicted octanol–water partition coefficient (Wildman–Crippen LogP) is 3.55. The maximum atomic E-state index is 3.68. The molecule has 2 fully saturated rings. The number of rotatable bonds is 4. The van der Waals surface area contributed by atoms with Crippen LogP contribution in [0.1, 0.15) is 48.3 Å². The summed E-state index contributed by atoms with van der Waals surface area (Å²) in [6.45, 7) is 5.67. The highest BCUT2D eigenvalue weighted by Gasteiger charge is 2.33. The van der Waals surface area contributed by atoms with Crippen molar-refractivity contribution in [2.45, 2.75) is 51.5 Å². The lowest BCUT2D eigenvalue weighted by atomic mass is 9.69. The monoisotopic (exact) mass is 229 g/mol. The molecule has 3 rings (SSSR count). The van der Waals surface area contributed by atoms with Gasteiger partial charge < -0.3 is 5.32 Å². The van der Waals surface area contributed by atoms with Gasteiger partial charge in [0.1, 0.15) is 0 Å². The molecule has 2 saturated carbocycles. The van der Waals surface area contributed by atoms with Crippen LogP contribution in [-0.2, 0) is 0 Å². The highest BCUT2D eigenvalue weighted by atomic mass is 14.9. The Morgan fingerprint density at radius 1 is 1.06 bits per heavy atom. The average molecular weight is 229 g/mol. The van der Waals surface area contributed by atoms with Crippen molar-refractivity contribution in [3.05, 3.63) is 34.9 Å². The minimum Gasteiger partial charge on any atom is -0.314 e. The molecule has 0 aliphatic heterocycles. The fourth-order valence-electron chi connectivity index (χ4n) is 2.85. The normalized spacial score (nSPS) is 27.9. The van der Waals surface area contributed by atoms with Crippen LogP contribution >= 0.6 is 0 Å². The maximum absolute atomic E-state index is 3.68. The summed E-state index contributed by atoms with van der Waals surface area (Å²) >= 11 is 0. The Kier molecular flexibility index (Phi) is 2.96. The summed E-state index contributed by atoms with van der Waals surface area (Å²) in [5.74, 6) is 1.71. The van der Waals surface area contributed by atoms with Crippen molar-refractivity contribution in [1.29, 1.82) is 0 Å². The van der Waals surface area contributed by atoms with Gasteiger partial charge in [-0.2, -0.15) is 0 Å². The van der Waals surface area contributed by atoms with Crippen LogP contribution in [0, 0.1) is 19.8 Å². The van der Waals surface area contributed by atoms with E-state index >= 15 is 0 Å². The number of aryl methyl sites for hydroxylation is 2. The molecular weight excluding hydrogens is 206 g/mol. The van der Waals surface area contributed by atoms with Crippen LogP contribution in [0.5, 0.6) is 0 Å². The molecule has 2 unspecified atom stereocenters. The van der Waals surface area contributed by atoms with Crippen LogP contribution in [0.2, 0.25) is 0 Å². The second-order valence-electron chi connectivity index (χ2n) is 5.97. The fraction of sp³-hybridized carbons (Fsp3) is 0.625. The standard InChI is InChI=1S/C16H23N/c1-11-3-4-13(9-12(11)2)16-8-5-14(16)10-17-15-6-7-15/h3-4,9,14-17H,5-8,10H2,1-2H3. The average Bonchev–Trinajstić information content (AvgIpc) is 3.06. The fourth-order valence-corrected chi connectivity index (χ4v) is 2.85. The van der Waals surface area contributed by atoms with E-state index < -0.39 is 0 Å². The Morgan fingerprint density at radius 2 is 1.88 bits per heavy atom. The molecular formula is C16H23N. The maximum Gasteiger partial charge on any atom is 0.00683 e. The van der Waals surface area contributed by atoms with Crippen molar-refractivity contribution < 1.29 is 0 Å². The second-order valence-corrected chi connectivity index (χ2v) is 5.97. The summed E-state index contributed by atoms with van der Waals surface area (Å²) < 4.78 is 0. The van der Waals surface area contributed by atoms with E-state index in [4.69, 9.17) is 0 Å². The number of nitrogens with one attached hydrogen (secondary N) is 1. The Hall–Kier alpha value is -0.820. The second kappa shape index (κ2) is 4.45. The first kappa shape index (κ1) is 11.3. The van der Waals surface area contributed by atoms with Gasteiger partial charge in [-0.1, -0.05) is 18.2 Å². The third-order valence-electron chi connectivity index (χ3n) is 4.62. The van der Waals surface area contributed by atoms with E-state index in [0.717, 1.165) is 17.9 Å². The van der Waals surface area contributed by atoms with Gasteiger partial charge in [0, 0.05) is 6.04 Å². The summed E-state index contributed by atoms with van der Waals surface area (Å²) in [6, 6.07) is 7.89. The van der Waals surface area contributed by atoms with Crippen LogP contribution in [0.25, 0.3) is 0 Å². The first-order chi connectivity index (χ1) is 8.24. The third kappa shape index (κ3) is 2.40. The van der Waals surface area contributed by atoms with Crippen LogP contribution in [-0.4, -0.2) is 12.6 Å². The molecule has 1 N–H and O–H groups in total. The summed E-state index contributed by atoms with van der Waals surface area (Å²) in [7, 11) is 0. The zero-order valence-electron chi connectivity index (χ0n) is 11.0. The zero-order chi connectivity index (χ0) is 11.8. The molecule has 0 saturated heterocycles. The highest BCUT2D eigenvalue weighted by Crippen LogP contribution is 2.42. The molecule has 0 heterocycles. The van der Waals surface area contributed by atoms with Crippen LogP contribution < -0.4 is 5.32 Å². The van der Waals surface area contributed by atoms with Gasteiger partial charge in [0.2, 0.25) is 0 Å². The molecule has 92 valence electrons. The van der Waals surface area contributed by atoms with Crippen molar-refractivity contribution >= 4 is 0 Å². The Bertz CT molecular complexity index is 406. The molecule has 1 nitrogen and oxygen atoms in total. The van der Waals surface area contributed by atoms with Crippen molar-refractivity contribution in [3.8, 4) is 0 Å². The first-order valence-corrected chi connectivity index (χ1v) is 7.04. The van der Waals surface area contributed by atoms with Crippen LogP contribution in [0.3, 0.4) is 0 Å². The van der Waals surface area contributed by atoms with E-state index in [1.165, 1.54) is 43.4 Å². The Morgan fingerprint density at radius 3 is 2.47 bits per heavy atom. The van der Waals surface area contributed by atoms with Crippen LogP contribution in [0.4, 0.5) is 0 Å².